The number of carboxylic acids is 1. The molecule has 0 spiro atoms. The van der Waals surface area contributed by atoms with Crippen LogP contribution in [0.5, 0.6) is 5.75 Å². The number of ether oxygens (including phenoxy) is 2. The fourth-order valence-electron chi connectivity index (χ4n) is 4.75. The predicted octanol–water partition coefficient (Wildman–Crippen LogP) is 7.05. The smallest absolute Gasteiger partial charge is 0.341 e. The molecule has 1 fully saturated rings. The van der Waals surface area contributed by atoms with Gasteiger partial charge in [0, 0.05) is 16.5 Å². The van der Waals surface area contributed by atoms with Crippen molar-refractivity contribution in [1.82, 2.24) is 0 Å². The molecule has 4 nitrogen and oxygen atoms in total. The first-order valence-corrected chi connectivity index (χ1v) is 12.3. The van der Waals surface area contributed by atoms with Crippen molar-refractivity contribution in [2.75, 3.05) is 6.61 Å². The second kappa shape index (κ2) is 11.6. The van der Waals surface area contributed by atoms with Crippen molar-refractivity contribution >= 4 is 17.6 Å². The van der Waals surface area contributed by atoms with Gasteiger partial charge in [0.1, 0.15) is 5.75 Å². The molecule has 1 saturated heterocycles. The number of hydrogen-bond donors (Lipinski definition) is 1. The van der Waals surface area contributed by atoms with Gasteiger partial charge in [-0.1, -0.05) is 72.3 Å². The van der Waals surface area contributed by atoms with Crippen molar-refractivity contribution in [2.45, 2.75) is 44.8 Å². The Labute approximate surface area is 212 Å². The van der Waals surface area contributed by atoms with E-state index < -0.39 is 12.6 Å². The summed E-state index contributed by atoms with van der Waals surface area (Å²) in [6.45, 7) is 5.87. The van der Waals surface area contributed by atoms with Gasteiger partial charge in [-0.3, -0.25) is 0 Å². The Bertz CT molecular complexity index is 1160. The lowest BCUT2D eigenvalue weighted by Crippen LogP contribution is -2.31. The van der Waals surface area contributed by atoms with E-state index in [1.165, 1.54) is 11.1 Å². The highest BCUT2D eigenvalue weighted by Gasteiger charge is 2.35. The summed E-state index contributed by atoms with van der Waals surface area (Å²) in [4.78, 5) is 11.2. The lowest BCUT2D eigenvalue weighted by Gasteiger charge is -2.38. The maximum Gasteiger partial charge on any atom is 0.341 e. The highest BCUT2D eigenvalue weighted by atomic mass is 35.5. The Morgan fingerprint density at radius 3 is 2.43 bits per heavy atom. The number of rotatable bonds is 9. The van der Waals surface area contributed by atoms with Crippen LogP contribution in [0, 0.1) is 5.92 Å². The molecule has 0 radical (unpaired) electrons. The molecule has 1 aliphatic heterocycles. The summed E-state index contributed by atoms with van der Waals surface area (Å²) in [6.07, 6.45) is 3.18. The average molecular weight is 491 g/mol. The second-order valence-electron chi connectivity index (χ2n) is 9.26. The van der Waals surface area contributed by atoms with Crippen molar-refractivity contribution < 1.29 is 19.4 Å². The minimum absolute atomic E-state index is 0.0295. The van der Waals surface area contributed by atoms with Gasteiger partial charge in [0.05, 0.1) is 12.2 Å². The number of halogens is 1. The Hall–Kier alpha value is -3.08. The predicted molar refractivity (Wildman–Crippen MR) is 139 cm³/mol. The molecule has 0 aliphatic carbocycles. The van der Waals surface area contributed by atoms with Crippen LogP contribution in [-0.2, 0) is 22.4 Å². The molecule has 1 aliphatic rings. The standard InChI is InChI=1S/C30H31ClO4/c1-20(2)26-14-13-25(17-22-8-11-24(31)12-9-22)35-30(26)27-18-23(16-21-6-4-3-5-7-21)10-15-28(27)34-19-29(32)33/h3-12,15,18,25-26,30H,1,13-14,16-17,19H2,2H3,(H,32,33)/t25-,26-,30+/m0/s1. The summed E-state index contributed by atoms with van der Waals surface area (Å²) >= 11 is 6.06. The van der Waals surface area contributed by atoms with Gasteiger partial charge in [0.25, 0.3) is 0 Å². The third-order valence-corrected chi connectivity index (χ3v) is 6.75. The van der Waals surface area contributed by atoms with Gasteiger partial charge in [0.2, 0.25) is 0 Å². The van der Waals surface area contributed by atoms with Crippen LogP contribution in [0.3, 0.4) is 0 Å². The van der Waals surface area contributed by atoms with E-state index in [9.17, 15) is 9.90 Å². The first-order chi connectivity index (χ1) is 16.9. The van der Waals surface area contributed by atoms with Crippen LogP contribution in [0.4, 0.5) is 0 Å². The molecule has 0 unspecified atom stereocenters. The lowest BCUT2D eigenvalue weighted by atomic mass is 9.81. The summed E-state index contributed by atoms with van der Waals surface area (Å²) in [5.41, 5.74) is 5.44. The van der Waals surface area contributed by atoms with E-state index in [-0.39, 0.29) is 18.1 Å². The zero-order chi connectivity index (χ0) is 24.8. The zero-order valence-electron chi connectivity index (χ0n) is 20.0. The van der Waals surface area contributed by atoms with Gasteiger partial charge in [-0.05, 0) is 73.6 Å². The van der Waals surface area contributed by atoms with Gasteiger partial charge in [-0.15, -0.1) is 0 Å². The van der Waals surface area contributed by atoms with E-state index in [0.29, 0.717) is 10.8 Å². The highest BCUT2D eigenvalue weighted by molar-refractivity contribution is 6.30. The molecular weight excluding hydrogens is 460 g/mol. The average Bonchev–Trinajstić information content (AvgIpc) is 2.85. The first-order valence-electron chi connectivity index (χ1n) is 12.0. The monoisotopic (exact) mass is 490 g/mol. The van der Waals surface area contributed by atoms with E-state index >= 15 is 0 Å². The van der Waals surface area contributed by atoms with E-state index in [1.54, 1.807) is 0 Å². The Balaban J connectivity index is 1.65. The third-order valence-electron chi connectivity index (χ3n) is 6.50. The number of benzene rings is 3. The van der Waals surface area contributed by atoms with Crippen molar-refractivity contribution in [3.8, 4) is 5.75 Å². The van der Waals surface area contributed by atoms with Crippen molar-refractivity contribution in [2.24, 2.45) is 5.92 Å². The molecule has 3 aromatic rings. The number of aliphatic carboxylic acids is 1. The Kier molecular flexibility index (Phi) is 8.27. The minimum Gasteiger partial charge on any atom is -0.482 e. The summed E-state index contributed by atoms with van der Waals surface area (Å²) in [6, 6.07) is 24.1. The normalized spacial score (nSPS) is 19.8. The van der Waals surface area contributed by atoms with E-state index in [2.05, 4.69) is 24.8 Å². The molecule has 182 valence electrons. The van der Waals surface area contributed by atoms with Crippen LogP contribution >= 0.6 is 11.6 Å². The first kappa shape index (κ1) is 25.0. The lowest BCUT2D eigenvalue weighted by molar-refractivity contribution is -0.139. The van der Waals surface area contributed by atoms with Gasteiger partial charge >= 0.3 is 5.97 Å². The van der Waals surface area contributed by atoms with Crippen molar-refractivity contribution in [3.05, 3.63) is 112 Å². The fraction of sp³-hybridized carbons (Fsp3) is 0.300. The van der Waals surface area contributed by atoms with Crippen LogP contribution in [0.2, 0.25) is 5.02 Å². The Morgan fingerprint density at radius 1 is 1.03 bits per heavy atom. The second-order valence-corrected chi connectivity index (χ2v) is 9.69. The highest BCUT2D eigenvalue weighted by Crippen LogP contribution is 2.44. The van der Waals surface area contributed by atoms with Gasteiger partial charge in [-0.25, -0.2) is 4.79 Å². The van der Waals surface area contributed by atoms with Crippen LogP contribution in [-0.4, -0.2) is 23.8 Å². The molecule has 35 heavy (non-hydrogen) atoms. The SMILES string of the molecule is C=C(C)[C@@H]1CC[C@@H](Cc2ccc(Cl)cc2)O[C@H]1c1cc(Cc2ccccc2)ccc1OCC(=O)O. The quantitative estimate of drug-likeness (QED) is 0.326. The van der Waals surface area contributed by atoms with E-state index in [4.69, 9.17) is 21.1 Å². The topological polar surface area (TPSA) is 55.8 Å². The molecular formula is C30H31ClO4. The molecule has 0 amide bonds. The molecule has 3 atom stereocenters. The van der Waals surface area contributed by atoms with Crippen molar-refractivity contribution in [3.63, 3.8) is 0 Å². The molecule has 1 heterocycles. The molecule has 4 rings (SSSR count). The van der Waals surface area contributed by atoms with Gasteiger partial charge in [-0.2, -0.15) is 0 Å². The summed E-state index contributed by atoms with van der Waals surface area (Å²) in [5, 5.41) is 9.93. The van der Waals surface area contributed by atoms with E-state index in [1.807, 2.05) is 61.5 Å². The summed E-state index contributed by atoms with van der Waals surface area (Å²) in [7, 11) is 0. The van der Waals surface area contributed by atoms with Crippen LogP contribution < -0.4 is 4.74 Å². The van der Waals surface area contributed by atoms with E-state index in [0.717, 1.165) is 42.4 Å². The number of hydrogen-bond acceptors (Lipinski definition) is 3. The molecule has 5 heteroatoms. The van der Waals surface area contributed by atoms with Crippen molar-refractivity contribution in [1.29, 1.82) is 0 Å². The van der Waals surface area contributed by atoms with Crippen LogP contribution in [0.1, 0.15) is 48.1 Å². The number of carboxylic acid groups (broad SMARTS) is 1. The maximum absolute atomic E-state index is 11.2. The van der Waals surface area contributed by atoms with Gasteiger partial charge in [0.15, 0.2) is 6.61 Å². The molecule has 3 aromatic carbocycles. The zero-order valence-corrected chi connectivity index (χ0v) is 20.7. The molecule has 0 bridgehead atoms. The molecule has 0 saturated carbocycles. The van der Waals surface area contributed by atoms with Gasteiger partial charge < -0.3 is 14.6 Å². The molecule has 0 aromatic heterocycles. The number of carbonyl (C=O) groups is 1. The summed E-state index contributed by atoms with van der Waals surface area (Å²) < 4.78 is 12.4. The fourth-order valence-corrected chi connectivity index (χ4v) is 4.87. The third kappa shape index (κ3) is 6.74. The Morgan fingerprint density at radius 2 is 1.74 bits per heavy atom. The summed E-state index contributed by atoms with van der Waals surface area (Å²) in [5.74, 6) is -0.339. The minimum atomic E-state index is -1.01. The largest absolute Gasteiger partial charge is 0.482 e. The van der Waals surface area contributed by atoms with Crippen LogP contribution in [0.25, 0.3) is 0 Å². The maximum atomic E-state index is 11.2. The van der Waals surface area contributed by atoms with Crippen LogP contribution in [0.15, 0.2) is 84.9 Å². The molecule has 1 N–H and O–H groups in total.